The van der Waals surface area contributed by atoms with Gasteiger partial charge >= 0.3 is 5.97 Å². The summed E-state index contributed by atoms with van der Waals surface area (Å²) in [7, 11) is 5.05. The third-order valence-corrected chi connectivity index (χ3v) is 12.6. The molecule has 3 N–H and O–H groups in total. The predicted octanol–water partition coefficient (Wildman–Crippen LogP) is 2.22. The van der Waals surface area contributed by atoms with Crippen LogP contribution < -0.4 is 5.32 Å². The molecule has 6 aliphatic rings. The molecule has 5 aliphatic carbocycles. The van der Waals surface area contributed by atoms with Crippen molar-refractivity contribution >= 4 is 17.6 Å². The van der Waals surface area contributed by atoms with E-state index in [1.165, 1.54) is 6.92 Å². The Morgan fingerprint density at radius 2 is 1.83 bits per heavy atom. The van der Waals surface area contributed by atoms with Gasteiger partial charge in [0.15, 0.2) is 0 Å². The number of nitrogens with one attached hydrogen (secondary N) is 1. The lowest BCUT2D eigenvalue weighted by atomic mass is 9.44. The standard InChI is InChI=1S/C32H44N2O8/c1-6-34-16-29(42-28(36)18-9-7-8-10-21(18)33-17(2)35)12-11-25(40-4)31-23(29)14-20(26(31)34)30(37)15-22(39-3)19-13-24(31)32(30,38)27(19)41-5/h7-10,19-20,22-27,37-38H,6,11-16H2,1-5H3,(H,33,35)/t19-,20+,22+,23-,24+,25+,26-,27+,29-,30+,31-,32+/m1/s1. The molecule has 1 amide bonds. The second-order valence-electron chi connectivity index (χ2n) is 13.7. The van der Waals surface area contributed by atoms with Crippen LogP contribution in [0.15, 0.2) is 24.3 Å². The Kier molecular flexibility index (Phi) is 6.46. The number of carbonyl (C=O) groups excluding carboxylic acids is 2. The highest BCUT2D eigenvalue weighted by Crippen LogP contribution is 2.79. The molecule has 12 atom stereocenters. The number of ether oxygens (including phenoxy) is 4. The highest BCUT2D eigenvalue weighted by atomic mass is 16.6. The van der Waals surface area contributed by atoms with Gasteiger partial charge in [-0.2, -0.15) is 0 Å². The van der Waals surface area contributed by atoms with Gasteiger partial charge in [0.1, 0.15) is 16.8 Å². The Hall–Kier alpha value is -2.08. The van der Waals surface area contributed by atoms with E-state index in [1.807, 2.05) is 0 Å². The molecular formula is C32H44N2O8. The van der Waals surface area contributed by atoms with Gasteiger partial charge in [0, 0.05) is 76.3 Å². The smallest absolute Gasteiger partial charge is 0.340 e. The van der Waals surface area contributed by atoms with Crippen molar-refractivity contribution in [1.82, 2.24) is 4.90 Å². The van der Waals surface area contributed by atoms with Gasteiger partial charge in [0.25, 0.3) is 0 Å². The number of fused-ring (bicyclic) bond motifs is 2. The number of carbonyl (C=O) groups is 2. The van der Waals surface area contributed by atoms with Gasteiger partial charge in [0.05, 0.1) is 29.6 Å². The van der Waals surface area contributed by atoms with E-state index in [2.05, 4.69) is 17.1 Å². The fourth-order valence-electron chi connectivity index (χ4n) is 11.6. The number of amides is 1. The molecule has 0 radical (unpaired) electrons. The number of para-hydroxylation sites is 1. The highest BCUT2D eigenvalue weighted by molar-refractivity contribution is 6.00. The summed E-state index contributed by atoms with van der Waals surface area (Å²) in [6, 6.07) is 6.89. The summed E-state index contributed by atoms with van der Waals surface area (Å²) < 4.78 is 25.1. The van der Waals surface area contributed by atoms with Crippen LogP contribution in [0.25, 0.3) is 0 Å². The molecule has 1 heterocycles. The molecule has 0 aromatic heterocycles. The van der Waals surface area contributed by atoms with Gasteiger partial charge in [0.2, 0.25) is 5.91 Å². The van der Waals surface area contributed by atoms with Crippen LogP contribution in [0.3, 0.4) is 0 Å². The lowest BCUT2D eigenvalue weighted by Gasteiger charge is -2.70. The maximum absolute atomic E-state index is 14.0. The summed E-state index contributed by atoms with van der Waals surface area (Å²) in [6.07, 6.45) is 1.91. The number of hydrogen-bond acceptors (Lipinski definition) is 9. The largest absolute Gasteiger partial charge is 0.454 e. The number of rotatable bonds is 7. The summed E-state index contributed by atoms with van der Waals surface area (Å²) in [5.74, 6) is -1.54. The number of esters is 1. The first-order chi connectivity index (χ1) is 20.1. The average Bonchev–Trinajstić information content (AvgIpc) is 3.39. The predicted molar refractivity (Wildman–Crippen MR) is 152 cm³/mol. The molecule has 7 rings (SSSR count). The van der Waals surface area contributed by atoms with Gasteiger partial charge in [-0.1, -0.05) is 19.1 Å². The monoisotopic (exact) mass is 584 g/mol. The minimum Gasteiger partial charge on any atom is -0.454 e. The van der Waals surface area contributed by atoms with Crippen molar-refractivity contribution < 1.29 is 38.7 Å². The molecule has 0 unspecified atom stereocenters. The summed E-state index contributed by atoms with van der Waals surface area (Å²) in [4.78, 5) is 28.3. The Labute approximate surface area is 247 Å². The number of nitrogens with zero attached hydrogens (tertiary/aromatic N) is 1. The van der Waals surface area contributed by atoms with E-state index >= 15 is 0 Å². The van der Waals surface area contributed by atoms with Crippen LogP contribution in [0, 0.1) is 29.1 Å². The van der Waals surface area contributed by atoms with Crippen LogP contribution in [0.2, 0.25) is 0 Å². The first kappa shape index (κ1) is 28.7. The highest BCUT2D eigenvalue weighted by Gasteiger charge is 2.89. The number of likely N-dealkylation sites (tertiary alicyclic amines) is 1. The molecule has 10 nitrogen and oxygen atoms in total. The van der Waals surface area contributed by atoms with Gasteiger partial charge in [-0.3, -0.25) is 9.69 Å². The lowest BCUT2D eigenvalue weighted by molar-refractivity contribution is -0.337. The van der Waals surface area contributed by atoms with Crippen molar-refractivity contribution in [2.75, 3.05) is 39.7 Å². The number of hydrogen-bond donors (Lipinski definition) is 3. The third-order valence-electron chi connectivity index (χ3n) is 12.6. The molecule has 1 aromatic rings. The maximum atomic E-state index is 14.0. The quantitative estimate of drug-likeness (QED) is 0.414. The minimum atomic E-state index is -1.48. The zero-order valence-corrected chi connectivity index (χ0v) is 25.2. The van der Waals surface area contributed by atoms with Crippen LogP contribution in [-0.4, -0.2) is 103 Å². The second-order valence-corrected chi connectivity index (χ2v) is 13.7. The van der Waals surface area contributed by atoms with Crippen molar-refractivity contribution in [1.29, 1.82) is 0 Å². The summed E-state index contributed by atoms with van der Waals surface area (Å²) in [5.41, 5.74) is -3.57. The molecule has 42 heavy (non-hydrogen) atoms. The Morgan fingerprint density at radius 1 is 1.07 bits per heavy atom. The third kappa shape index (κ3) is 3.21. The summed E-state index contributed by atoms with van der Waals surface area (Å²) in [5, 5.41) is 28.4. The van der Waals surface area contributed by atoms with Crippen molar-refractivity contribution in [2.45, 2.75) is 87.1 Å². The van der Waals surface area contributed by atoms with E-state index in [1.54, 1.807) is 45.6 Å². The molecular weight excluding hydrogens is 540 g/mol. The van der Waals surface area contributed by atoms with Crippen molar-refractivity contribution in [2.24, 2.45) is 29.1 Å². The normalized spacial score (nSPS) is 48.2. The number of anilines is 1. The molecule has 7 bridgehead atoms. The Balaban J connectivity index is 1.38. The molecule has 1 aromatic carbocycles. The fourth-order valence-corrected chi connectivity index (χ4v) is 11.6. The molecule has 1 saturated heterocycles. The average molecular weight is 585 g/mol. The maximum Gasteiger partial charge on any atom is 0.340 e. The van der Waals surface area contributed by atoms with E-state index in [0.717, 1.165) is 0 Å². The zero-order chi connectivity index (χ0) is 29.8. The molecule has 10 heteroatoms. The SMILES string of the molecule is CCN1C[C@]2(OC(=O)c3ccccc3NC(C)=O)CC[C@H](OC)[C@]34[C@@H]2C[C@@H]([C@@H]13)[C@@]1(O)C[C@H](OC)[C@H]2C[C@@H]4[C@]1(O)[C@H]2OC. The molecule has 5 saturated carbocycles. The minimum absolute atomic E-state index is 0.0432. The van der Waals surface area contributed by atoms with E-state index < -0.39 is 34.3 Å². The van der Waals surface area contributed by atoms with Gasteiger partial charge in [-0.15, -0.1) is 0 Å². The van der Waals surface area contributed by atoms with Crippen LogP contribution in [-0.2, 0) is 23.7 Å². The second kappa shape index (κ2) is 9.46. The summed E-state index contributed by atoms with van der Waals surface area (Å²) >= 11 is 0. The van der Waals surface area contributed by atoms with E-state index in [4.69, 9.17) is 18.9 Å². The van der Waals surface area contributed by atoms with E-state index in [-0.39, 0.29) is 47.8 Å². The van der Waals surface area contributed by atoms with E-state index in [9.17, 15) is 19.8 Å². The molecule has 230 valence electrons. The first-order valence-electron chi connectivity index (χ1n) is 15.4. The topological polar surface area (TPSA) is 127 Å². The summed E-state index contributed by atoms with van der Waals surface area (Å²) in [6.45, 7) is 4.79. The number of likely N-dealkylation sites (N-methyl/N-ethyl adjacent to an activating group) is 1. The molecule has 1 spiro atoms. The molecule has 1 aliphatic heterocycles. The number of aliphatic hydroxyl groups is 2. The van der Waals surface area contributed by atoms with Crippen molar-refractivity contribution in [3.05, 3.63) is 29.8 Å². The van der Waals surface area contributed by atoms with Gasteiger partial charge in [-0.05, 0) is 44.4 Å². The van der Waals surface area contributed by atoms with Crippen molar-refractivity contribution in [3.8, 4) is 0 Å². The number of benzene rings is 1. The fraction of sp³-hybridized carbons (Fsp3) is 0.750. The number of piperidine rings is 1. The van der Waals surface area contributed by atoms with Gasteiger partial charge in [-0.25, -0.2) is 4.79 Å². The molecule has 6 fully saturated rings. The number of methoxy groups -OCH3 is 3. The van der Waals surface area contributed by atoms with Crippen LogP contribution in [0.5, 0.6) is 0 Å². The van der Waals surface area contributed by atoms with Crippen LogP contribution >= 0.6 is 0 Å². The first-order valence-corrected chi connectivity index (χ1v) is 15.4. The Morgan fingerprint density at radius 3 is 2.50 bits per heavy atom. The van der Waals surface area contributed by atoms with E-state index in [0.29, 0.717) is 56.4 Å². The Bertz CT molecular complexity index is 1290. The van der Waals surface area contributed by atoms with Crippen LogP contribution in [0.4, 0.5) is 5.69 Å². The zero-order valence-electron chi connectivity index (χ0n) is 25.2. The van der Waals surface area contributed by atoms with Gasteiger partial charge < -0.3 is 34.5 Å². The van der Waals surface area contributed by atoms with Crippen molar-refractivity contribution in [3.63, 3.8) is 0 Å². The lowest BCUT2D eigenvalue weighted by Crippen LogP contribution is -2.83. The van der Waals surface area contributed by atoms with Crippen LogP contribution in [0.1, 0.15) is 56.3 Å².